The lowest BCUT2D eigenvalue weighted by atomic mass is 9.83. The van der Waals surface area contributed by atoms with Crippen LogP contribution in [0.5, 0.6) is 0 Å². The largest absolute Gasteiger partial charge is 0.353 e. The Morgan fingerprint density at radius 2 is 1.83 bits per heavy atom. The van der Waals surface area contributed by atoms with Crippen LogP contribution in [0.1, 0.15) is 62.7 Å². The third-order valence-electron chi connectivity index (χ3n) is 7.51. The van der Waals surface area contributed by atoms with Gasteiger partial charge in [-0.2, -0.15) is 4.31 Å². The van der Waals surface area contributed by atoms with Crippen LogP contribution in [0.25, 0.3) is 0 Å². The van der Waals surface area contributed by atoms with Crippen LogP contribution < -0.4 is 5.32 Å². The Kier molecular flexibility index (Phi) is 6.04. The standard InChI is InChI=1S/C23H32N2O4S/c1-15(22-13-17-6-7-20(22)12-17)24-23(27)18-8-10-25(11-9-18)30(28,29)21-5-3-4-19(14-21)16(2)26/h3-5,14-15,17-18,20,22H,6-13H2,1-2H3,(H,24,27). The molecule has 0 spiro atoms. The molecule has 1 aliphatic heterocycles. The van der Waals surface area contributed by atoms with Crippen molar-refractivity contribution in [2.75, 3.05) is 13.1 Å². The molecule has 1 saturated heterocycles. The van der Waals surface area contributed by atoms with Gasteiger partial charge in [-0.05, 0) is 75.8 Å². The monoisotopic (exact) mass is 432 g/mol. The number of hydrogen-bond donors (Lipinski definition) is 1. The SMILES string of the molecule is CC(=O)c1cccc(S(=O)(=O)N2CCC(C(=O)NC(C)C3CC4CCC3C4)CC2)c1. The van der Waals surface area contributed by atoms with Crippen molar-refractivity contribution in [3.05, 3.63) is 29.8 Å². The summed E-state index contributed by atoms with van der Waals surface area (Å²) in [6, 6.07) is 6.38. The fourth-order valence-electron chi connectivity index (χ4n) is 5.74. The van der Waals surface area contributed by atoms with Gasteiger partial charge in [-0.15, -0.1) is 0 Å². The van der Waals surface area contributed by atoms with Crippen LogP contribution in [0.3, 0.4) is 0 Å². The van der Waals surface area contributed by atoms with E-state index in [0.29, 0.717) is 37.4 Å². The number of rotatable bonds is 6. The highest BCUT2D eigenvalue weighted by molar-refractivity contribution is 7.89. The summed E-state index contributed by atoms with van der Waals surface area (Å²) in [5.74, 6) is 1.99. The summed E-state index contributed by atoms with van der Waals surface area (Å²) in [5, 5.41) is 3.24. The molecule has 2 saturated carbocycles. The molecule has 4 rings (SSSR count). The van der Waals surface area contributed by atoms with E-state index in [1.165, 1.54) is 49.0 Å². The summed E-state index contributed by atoms with van der Waals surface area (Å²) in [6.07, 6.45) is 6.27. The van der Waals surface area contributed by atoms with Crippen molar-refractivity contribution in [1.29, 1.82) is 0 Å². The number of benzene rings is 1. The summed E-state index contributed by atoms with van der Waals surface area (Å²) in [6.45, 7) is 4.21. The van der Waals surface area contributed by atoms with Gasteiger partial charge in [0.25, 0.3) is 0 Å². The van der Waals surface area contributed by atoms with Crippen molar-refractivity contribution in [2.24, 2.45) is 23.7 Å². The molecular formula is C23H32N2O4S. The third-order valence-corrected chi connectivity index (χ3v) is 9.40. The number of piperidine rings is 1. The van der Waals surface area contributed by atoms with Crippen LogP contribution >= 0.6 is 0 Å². The number of sulfonamides is 1. The molecule has 30 heavy (non-hydrogen) atoms. The van der Waals surface area contributed by atoms with Crippen molar-refractivity contribution < 1.29 is 18.0 Å². The van der Waals surface area contributed by atoms with Gasteiger partial charge in [-0.25, -0.2) is 8.42 Å². The maximum atomic E-state index is 13.0. The van der Waals surface area contributed by atoms with E-state index in [-0.39, 0.29) is 28.5 Å². The Balaban J connectivity index is 1.33. The van der Waals surface area contributed by atoms with E-state index in [1.54, 1.807) is 12.1 Å². The van der Waals surface area contributed by atoms with E-state index in [9.17, 15) is 18.0 Å². The summed E-state index contributed by atoms with van der Waals surface area (Å²) >= 11 is 0. The zero-order chi connectivity index (χ0) is 21.5. The van der Waals surface area contributed by atoms with Crippen LogP contribution in [0.15, 0.2) is 29.2 Å². The van der Waals surface area contributed by atoms with Gasteiger partial charge in [0.15, 0.2) is 5.78 Å². The zero-order valence-corrected chi connectivity index (χ0v) is 18.7. The smallest absolute Gasteiger partial charge is 0.243 e. The summed E-state index contributed by atoms with van der Waals surface area (Å²) in [7, 11) is -3.66. The minimum atomic E-state index is -3.66. The van der Waals surface area contributed by atoms with Crippen LogP contribution in [-0.2, 0) is 14.8 Å². The van der Waals surface area contributed by atoms with Gasteiger partial charge in [0.1, 0.15) is 0 Å². The molecule has 1 heterocycles. The van der Waals surface area contributed by atoms with Gasteiger partial charge in [-0.1, -0.05) is 18.6 Å². The van der Waals surface area contributed by atoms with Crippen molar-refractivity contribution in [3.63, 3.8) is 0 Å². The topological polar surface area (TPSA) is 83.6 Å². The summed E-state index contributed by atoms with van der Waals surface area (Å²) in [5.41, 5.74) is 0.389. The highest BCUT2D eigenvalue weighted by Gasteiger charge is 2.42. The number of ketones is 1. The predicted octanol–water partition coefficient (Wildman–Crippen LogP) is 3.23. The van der Waals surface area contributed by atoms with E-state index < -0.39 is 10.0 Å². The van der Waals surface area contributed by atoms with E-state index in [2.05, 4.69) is 12.2 Å². The second kappa shape index (κ2) is 8.42. The molecule has 2 bridgehead atoms. The number of amides is 1. The minimum Gasteiger partial charge on any atom is -0.353 e. The van der Waals surface area contributed by atoms with Crippen molar-refractivity contribution >= 4 is 21.7 Å². The van der Waals surface area contributed by atoms with Crippen LogP contribution in [0, 0.1) is 23.7 Å². The molecule has 0 radical (unpaired) electrons. The van der Waals surface area contributed by atoms with Gasteiger partial charge in [0.05, 0.1) is 4.90 Å². The molecule has 4 unspecified atom stereocenters. The first kappa shape index (κ1) is 21.5. The fraction of sp³-hybridized carbons (Fsp3) is 0.652. The quantitative estimate of drug-likeness (QED) is 0.700. The number of fused-ring (bicyclic) bond motifs is 2. The molecule has 3 fully saturated rings. The molecule has 2 aliphatic carbocycles. The van der Waals surface area contributed by atoms with E-state index in [4.69, 9.17) is 0 Å². The lowest BCUT2D eigenvalue weighted by molar-refractivity contribution is -0.127. The van der Waals surface area contributed by atoms with E-state index in [0.717, 1.165) is 11.8 Å². The molecule has 6 nitrogen and oxygen atoms in total. The first-order valence-electron chi connectivity index (χ1n) is 11.2. The van der Waals surface area contributed by atoms with Crippen LogP contribution in [0.2, 0.25) is 0 Å². The number of nitrogens with one attached hydrogen (secondary N) is 1. The second-order valence-electron chi connectivity index (χ2n) is 9.40. The predicted molar refractivity (Wildman–Crippen MR) is 114 cm³/mol. The van der Waals surface area contributed by atoms with E-state index in [1.807, 2.05) is 0 Å². The number of Topliss-reactive ketones (excluding diaryl/α,β-unsaturated/α-hetero) is 1. The Morgan fingerprint density at radius 3 is 2.43 bits per heavy atom. The molecule has 1 aromatic carbocycles. The lowest BCUT2D eigenvalue weighted by Gasteiger charge is -2.33. The number of nitrogens with zero attached hydrogens (tertiary/aromatic N) is 1. The van der Waals surface area contributed by atoms with Crippen molar-refractivity contribution in [2.45, 2.75) is 63.3 Å². The van der Waals surface area contributed by atoms with Gasteiger partial charge in [-0.3, -0.25) is 9.59 Å². The maximum absolute atomic E-state index is 13.0. The molecule has 1 N–H and O–H groups in total. The molecule has 1 aromatic rings. The molecule has 0 aromatic heterocycles. The zero-order valence-electron chi connectivity index (χ0n) is 17.8. The van der Waals surface area contributed by atoms with Gasteiger partial charge in [0.2, 0.25) is 15.9 Å². The number of carbonyl (C=O) groups excluding carboxylic acids is 2. The minimum absolute atomic E-state index is 0.0703. The highest BCUT2D eigenvalue weighted by Crippen LogP contribution is 2.49. The molecular weight excluding hydrogens is 400 g/mol. The average Bonchev–Trinajstić information content (AvgIpc) is 3.37. The molecule has 164 valence electrons. The second-order valence-corrected chi connectivity index (χ2v) is 11.3. The summed E-state index contributed by atoms with van der Waals surface area (Å²) < 4.78 is 27.4. The highest BCUT2D eigenvalue weighted by atomic mass is 32.2. The Morgan fingerprint density at radius 1 is 1.10 bits per heavy atom. The first-order valence-corrected chi connectivity index (χ1v) is 12.6. The van der Waals surface area contributed by atoms with Gasteiger partial charge in [0, 0.05) is 30.6 Å². The third kappa shape index (κ3) is 4.19. The van der Waals surface area contributed by atoms with E-state index >= 15 is 0 Å². The molecule has 3 aliphatic rings. The number of hydrogen-bond acceptors (Lipinski definition) is 4. The Labute approximate surface area is 179 Å². The van der Waals surface area contributed by atoms with Crippen LogP contribution in [-0.4, -0.2) is 43.5 Å². The summed E-state index contributed by atoms with van der Waals surface area (Å²) in [4.78, 5) is 24.5. The average molecular weight is 433 g/mol. The molecule has 1 amide bonds. The molecule has 4 atom stereocenters. The van der Waals surface area contributed by atoms with Crippen molar-refractivity contribution in [1.82, 2.24) is 9.62 Å². The number of carbonyl (C=O) groups is 2. The van der Waals surface area contributed by atoms with Gasteiger partial charge >= 0.3 is 0 Å². The lowest BCUT2D eigenvalue weighted by Crippen LogP contribution is -2.47. The maximum Gasteiger partial charge on any atom is 0.243 e. The molecule has 7 heteroatoms. The van der Waals surface area contributed by atoms with Crippen molar-refractivity contribution in [3.8, 4) is 0 Å². The normalized spacial score (nSPS) is 28.4. The fourth-order valence-corrected chi connectivity index (χ4v) is 7.25. The van der Waals surface area contributed by atoms with Crippen LogP contribution in [0.4, 0.5) is 0 Å². The van der Waals surface area contributed by atoms with Gasteiger partial charge < -0.3 is 5.32 Å². The first-order chi connectivity index (χ1) is 14.3. The Hall–Kier alpha value is -1.73. The Bertz CT molecular complexity index is 921.